The molecule has 27 heavy (non-hydrogen) atoms. The number of esters is 1. The highest BCUT2D eigenvalue weighted by Gasteiger charge is 2.31. The summed E-state index contributed by atoms with van der Waals surface area (Å²) in [5.41, 5.74) is 1.05. The first-order valence-electron chi connectivity index (χ1n) is 9.05. The highest BCUT2D eigenvalue weighted by molar-refractivity contribution is 7.99. The molecule has 1 N–H and O–H groups in total. The quantitative estimate of drug-likeness (QED) is 0.631. The molecule has 1 aliphatic rings. The molecular formula is C19H28N2O5S. The minimum Gasteiger partial charge on any atom is -0.493 e. The summed E-state index contributed by atoms with van der Waals surface area (Å²) in [5, 5.41) is 2.92. The average molecular weight is 397 g/mol. The molecule has 0 bridgehead atoms. The fourth-order valence-electron chi connectivity index (χ4n) is 2.91. The van der Waals surface area contributed by atoms with E-state index in [1.165, 1.54) is 0 Å². The number of amides is 1. The van der Waals surface area contributed by atoms with Crippen molar-refractivity contribution in [3.05, 3.63) is 23.8 Å². The molecule has 1 atom stereocenters. The van der Waals surface area contributed by atoms with Crippen LogP contribution in [0.1, 0.15) is 12.5 Å². The number of thioether (sulfide) groups is 1. The van der Waals surface area contributed by atoms with E-state index in [-0.39, 0.29) is 24.5 Å². The molecule has 1 heterocycles. The molecule has 8 heteroatoms. The maximum absolute atomic E-state index is 12.3. The van der Waals surface area contributed by atoms with Gasteiger partial charge in [0.15, 0.2) is 11.5 Å². The van der Waals surface area contributed by atoms with Crippen LogP contribution in [-0.4, -0.2) is 74.8 Å². The molecule has 1 aromatic carbocycles. The predicted octanol–water partition coefficient (Wildman–Crippen LogP) is 1.34. The van der Waals surface area contributed by atoms with E-state index in [0.29, 0.717) is 43.4 Å². The SMILES string of the molecule is CCOC(=O)C1CSCCN1CC(=O)NCCc1ccc(OC)c(OC)c1. The maximum Gasteiger partial charge on any atom is 0.324 e. The highest BCUT2D eigenvalue weighted by Crippen LogP contribution is 2.27. The first-order chi connectivity index (χ1) is 13.1. The van der Waals surface area contributed by atoms with E-state index in [0.717, 1.165) is 11.3 Å². The number of hydrogen-bond acceptors (Lipinski definition) is 7. The van der Waals surface area contributed by atoms with Gasteiger partial charge in [0.1, 0.15) is 6.04 Å². The van der Waals surface area contributed by atoms with Gasteiger partial charge in [0.05, 0.1) is 27.4 Å². The second-order valence-corrected chi connectivity index (χ2v) is 7.25. The summed E-state index contributed by atoms with van der Waals surface area (Å²) in [5.74, 6) is 2.59. The summed E-state index contributed by atoms with van der Waals surface area (Å²) in [6.07, 6.45) is 0.684. The Morgan fingerprint density at radius 2 is 2.04 bits per heavy atom. The van der Waals surface area contributed by atoms with Gasteiger partial charge in [0, 0.05) is 24.6 Å². The third kappa shape index (κ3) is 6.32. The van der Waals surface area contributed by atoms with Gasteiger partial charge in [-0.1, -0.05) is 6.07 Å². The summed E-state index contributed by atoms with van der Waals surface area (Å²) in [6, 6.07) is 5.36. The smallest absolute Gasteiger partial charge is 0.324 e. The number of hydrogen-bond donors (Lipinski definition) is 1. The lowest BCUT2D eigenvalue weighted by molar-refractivity contribution is -0.149. The Hall–Kier alpha value is -1.93. The monoisotopic (exact) mass is 396 g/mol. The van der Waals surface area contributed by atoms with E-state index in [9.17, 15) is 9.59 Å². The van der Waals surface area contributed by atoms with Gasteiger partial charge in [-0.25, -0.2) is 0 Å². The van der Waals surface area contributed by atoms with Gasteiger partial charge >= 0.3 is 5.97 Å². The standard InChI is InChI=1S/C19H28N2O5S/c1-4-26-19(23)15-13-27-10-9-21(15)12-18(22)20-8-7-14-5-6-16(24-2)17(11-14)25-3/h5-6,11,15H,4,7-10,12-13H2,1-3H3,(H,20,22). The van der Waals surface area contributed by atoms with E-state index in [4.69, 9.17) is 14.2 Å². The normalized spacial score (nSPS) is 17.2. The van der Waals surface area contributed by atoms with E-state index >= 15 is 0 Å². The molecule has 0 spiro atoms. The fraction of sp³-hybridized carbons (Fsp3) is 0.579. The number of ether oxygens (including phenoxy) is 3. The number of nitrogens with one attached hydrogen (secondary N) is 1. The number of benzene rings is 1. The zero-order chi connectivity index (χ0) is 19.6. The zero-order valence-electron chi connectivity index (χ0n) is 16.2. The van der Waals surface area contributed by atoms with Gasteiger partial charge in [0.2, 0.25) is 5.91 Å². The number of nitrogens with zero attached hydrogens (tertiary/aromatic N) is 1. The minimum absolute atomic E-state index is 0.0864. The van der Waals surface area contributed by atoms with Crippen LogP contribution in [0, 0.1) is 0 Å². The van der Waals surface area contributed by atoms with Crippen molar-refractivity contribution in [1.82, 2.24) is 10.2 Å². The predicted molar refractivity (Wildman–Crippen MR) is 106 cm³/mol. The lowest BCUT2D eigenvalue weighted by Crippen LogP contribution is -2.51. The van der Waals surface area contributed by atoms with E-state index in [1.807, 2.05) is 23.1 Å². The second kappa shape index (κ2) is 11.0. The van der Waals surface area contributed by atoms with Gasteiger partial charge in [-0.05, 0) is 31.0 Å². The van der Waals surface area contributed by atoms with E-state index in [1.54, 1.807) is 32.9 Å². The summed E-state index contributed by atoms with van der Waals surface area (Å²) in [7, 11) is 3.20. The maximum atomic E-state index is 12.3. The summed E-state index contributed by atoms with van der Waals surface area (Å²) < 4.78 is 15.6. The van der Waals surface area contributed by atoms with Crippen LogP contribution in [0.15, 0.2) is 18.2 Å². The van der Waals surface area contributed by atoms with Crippen LogP contribution in [0.3, 0.4) is 0 Å². The molecule has 1 fully saturated rings. The minimum atomic E-state index is -0.347. The largest absolute Gasteiger partial charge is 0.493 e. The highest BCUT2D eigenvalue weighted by atomic mass is 32.2. The molecule has 150 valence electrons. The Morgan fingerprint density at radius 1 is 1.26 bits per heavy atom. The van der Waals surface area contributed by atoms with Crippen molar-refractivity contribution < 1.29 is 23.8 Å². The van der Waals surface area contributed by atoms with Crippen molar-refractivity contribution in [3.8, 4) is 11.5 Å². The van der Waals surface area contributed by atoms with Crippen LogP contribution in [0.4, 0.5) is 0 Å². The topological polar surface area (TPSA) is 77.1 Å². The van der Waals surface area contributed by atoms with Crippen LogP contribution in [0.5, 0.6) is 11.5 Å². The zero-order valence-corrected chi connectivity index (χ0v) is 17.0. The summed E-state index contributed by atoms with van der Waals surface area (Å²) in [6.45, 7) is 3.57. The van der Waals surface area contributed by atoms with Crippen molar-refractivity contribution in [2.45, 2.75) is 19.4 Å². The third-order valence-electron chi connectivity index (χ3n) is 4.33. The van der Waals surface area contributed by atoms with Crippen LogP contribution in [0.2, 0.25) is 0 Å². The molecule has 1 aliphatic heterocycles. The van der Waals surface area contributed by atoms with Gasteiger partial charge in [0.25, 0.3) is 0 Å². The third-order valence-corrected chi connectivity index (χ3v) is 5.35. The van der Waals surface area contributed by atoms with Crippen LogP contribution < -0.4 is 14.8 Å². The van der Waals surface area contributed by atoms with Crippen LogP contribution >= 0.6 is 11.8 Å². The van der Waals surface area contributed by atoms with Gasteiger partial charge < -0.3 is 19.5 Å². The molecule has 0 radical (unpaired) electrons. The molecule has 1 saturated heterocycles. The Labute approximate surface area is 164 Å². The molecule has 0 aliphatic carbocycles. The molecule has 7 nitrogen and oxygen atoms in total. The Bertz CT molecular complexity index is 641. The molecule has 0 saturated carbocycles. The summed E-state index contributed by atoms with van der Waals surface area (Å²) >= 11 is 1.71. The van der Waals surface area contributed by atoms with Gasteiger partial charge in [-0.2, -0.15) is 11.8 Å². The number of carbonyl (C=O) groups is 2. The average Bonchev–Trinajstić information content (AvgIpc) is 2.68. The van der Waals surface area contributed by atoms with E-state index in [2.05, 4.69) is 5.32 Å². The molecule has 2 rings (SSSR count). The van der Waals surface area contributed by atoms with Crippen molar-refractivity contribution in [2.75, 3.05) is 52.0 Å². The number of methoxy groups -OCH3 is 2. The molecule has 0 aromatic heterocycles. The number of rotatable bonds is 9. The van der Waals surface area contributed by atoms with E-state index < -0.39 is 0 Å². The fourth-order valence-corrected chi connectivity index (χ4v) is 4.01. The summed E-state index contributed by atoms with van der Waals surface area (Å²) in [4.78, 5) is 26.3. The Morgan fingerprint density at radius 3 is 2.74 bits per heavy atom. The second-order valence-electron chi connectivity index (χ2n) is 6.10. The Balaban J connectivity index is 1.82. The van der Waals surface area contributed by atoms with Crippen LogP contribution in [-0.2, 0) is 20.7 Å². The first-order valence-corrected chi connectivity index (χ1v) is 10.2. The van der Waals surface area contributed by atoms with Crippen LogP contribution in [0.25, 0.3) is 0 Å². The van der Waals surface area contributed by atoms with Gasteiger partial charge in [-0.15, -0.1) is 0 Å². The van der Waals surface area contributed by atoms with Crippen molar-refractivity contribution in [1.29, 1.82) is 0 Å². The molecular weight excluding hydrogens is 368 g/mol. The van der Waals surface area contributed by atoms with Crippen molar-refractivity contribution in [2.24, 2.45) is 0 Å². The first kappa shape index (κ1) is 21.4. The van der Waals surface area contributed by atoms with Crippen molar-refractivity contribution >= 4 is 23.6 Å². The molecule has 1 amide bonds. The number of carbonyl (C=O) groups excluding carboxylic acids is 2. The van der Waals surface area contributed by atoms with Gasteiger partial charge in [-0.3, -0.25) is 14.5 Å². The molecule has 1 aromatic rings. The lowest BCUT2D eigenvalue weighted by atomic mass is 10.1. The Kier molecular flexibility index (Phi) is 8.74. The molecule has 1 unspecified atom stereocenters. The lowest BCUT2D eigenvalue weighted by Gasteiger charge is -2.32. The van der Waals surface area contributed by atoms with Crippen molar-refractivity contribution in [3.63, 3.8) is 0 Å².